The zero-order valence-electron chi connectivity index (χ0n) is 16.7. The highest BCUT2D eigenvalue weighted by atomic mass is 16.5. The first kappa shape index (κ1) is 20.8. The first-order valence-electron chi connectivity index (χ1n) is 9.77. The van der Waals surface area contributed by atoms with Crippen molar-refractivity contribution >= 4 is 23.4 Å². The third-order valence-electron chi connectivity index (χ3n) is 4.61. The second kappa shape index (κ2) is 11.1. The highest BCUT2D eigenvalue weighted by molar-refractivity contribution is 6.07. The standard InChI is InChI=1S/C21H28N6O2/c1-28-19-5-2-4-18(14-19)25-16-17(15-22)20-6-8-24-21(26-20)23-7-3-9-27-10-12-29-13-11-27/h2,4-6,8,14-16,22,25H,3,7,9-13H2,1H3,(H,23,24,26)/b17-16+,22-15?. The Labute approximate surface area is 171 Å². The van der Waals surface area contributed by atoms with Gasteiger partial charge in [0.2, 0.25) is 5.95 Å². The number of nitrogens with zero attached hydrogens (tertiary/aromatic N) is 3. The predicted octanol–water partition coefficient (Wildman–Crippen LogP) is 2.72. The third-order valence-corrected chi connectivity index (χ3v) is 4.61. The lowest BCUT2D eigenvalue weighted by atomic mass is 10.2. The van der Waals surface area contributed by atoms with Gasteiger partial charge in [-0.25, -0.2) is 9.97 Å². The van der Waals surface area contributed by atoms with E-state index in [2.05, 4.69) is 25.5 Å². The van der Waals surface area contributed by atoms with Crippen LogP contribution in [0.3, 0.4) is 0 Å². The maximum Gasteiger partial charge on any atom is 0.223 e. The van der Waals surface area contributed by atoms with Crippen LogP contribution in [0.15, 0.2) is 42.7 Å². The number of hydrogen-bond acceptors (Lipinski definition) is 8. The van der Waals surface area contributed by atoms with Gasteiger partial charge in [0.25, 0.3) is 0 Å². The SMILES string of the molecule is COc1cccc(N/C=C(\C=N)c2ccnc(NCCCN3CCOCC3)n2)c1. The van der Waals surface area contributed by atoms with Gasteiger partial charge in [0.05, 0.1) is 26.0 Å². The van der Waals surface area contributed by atoms with Gasteiger partial charge in [-0.1, -0.05) is 6.07 Å². The molecular weight excluding hydrogens is 368 g/mol. The number of ether oxygens (including phenoxy) is 2. The molecule has 1 saturated heterocycles. The summed E-state index contributed by atoms with van der Waals surface area (Å²) in [5, 5.41) is 14.2. The van der Waals surface area contributed by atoms with E-state index >= 15 is 0 Å². The number of aromatic nitrogens is 2. The highest BCUT2D eigenvalue weighted by Crippen LogP contribution is 2.18. The number of methoxy groups -OCH3 is 1. The summed E-state index contributed by atoms with van der Waals surface area (Å²) < 4.78 is 10.6. The van der Waals surface area contributed by atoms with E-state index in [-0.39, 0.29) is 0 Å². The van der Waals surface area contributed by atoms with Crippen molar-refractivity contribution < 1.29 is 9.47 Å². The summed E-state index contributed by atoms with van der Waals surface area (Å²) in [4.78, 5) is 11.2. The number of allylic oxidation sites excluding steroid dienone is 1. The van der Waals surface area contributed by atoms with Crippen LogP contribution in [0.2, 0.25) is 0 Å². The molecule has 0 aliphatic carbocycles. The Balaban J connectivity index is 1.55. The quantitative estimate of drug-likeness (QED) is 0.420. The fourth-order valence-corrected chi connectivity index (χ4v) is 3.00. The molecule has 154 valence electrons. The number of hydrogen-bond donors (Lipinski definition) is 3. The molecule has 1 fully saturated rings. The van der Waals surface area contributed by atoms with E-state index in [9.17, 15) is 0 Å². The van der Waals surface area contributed by atoms with Gasteiger partial charge >= 0.3 is 0 Å². The van der Waals surface area contributed by atoms with E-state index < -0.39 is 0 Å². The zero-order valence-corrected chi connectivity index (χ0v) is 16.7. The van der Waals surface area contributed by atoms with Crippen molar-refractivity contribution in [2.24, 2.45) is 0 Å². The third kappa shape index (κ3) is 6.55. The number of morpholine rings is 1. The number of rotatable bonds is 10. The lowest BCUT2D eigenvalue weighted by molar-refractivity contribution is 0.0378. The van der Waals surface area contributed by atoms with Crippen LogP contribution in [0, 0.1) is 5.41 Å². The summed E-state index contributed by atoms with van der Waals surface area (Å²) in [6, 6.07) is 9.40. The monoisotopic (exact) mass is 396 g/mol. The van der Waals surface area contributed by atoms with Gasteiger partial charge in [-0.05, 0) is 31.2 Å². The Bertz CT molecular complexity index is 820. The van der Waals surface area contributed by atoms with Crippen molar-refractivity contribution in [3.8, 4) is 5.75 Å². The molecule has 2 aromatic rings. The molecule has 3 rings (SSSR count). The summed E-state index contributed by atoms with van der Waals surface area (Å²) in [7, 11) is 1.63. The summed E-state index contributed by atoms with van der Waals surface area (Å²) in [6.45, 7) is 5.47. The summed E-state index contributed by atoms with van der Waals surface area (Å²) in [5.74, 6) is 1.34. The Kier molecular flexibility index (Phi) is 7.97. The minimum atomic E-state index is 0.568. The molecule has 0 amide bonds. The van der Waals surface area contributed by atoms with Crippen LogP contribution in [0.1, 0.15) is 12.1 Å². The van der Waals surface area contributed by atoms with E-state index in [1.165, 1.54) is 6.21 Å². The Morgan fingerprint density at radius 2 is 2.17 bits per heavy atom. The summed E-state index contributed by atoms with van der Waals surface area (Å²) in [6.07, 6.45) is 5.75. The van der Waals surface area contributed by atoms with Crippen LogP contribution < -0.4 is 15.4 Å². The van der Waals surface area contributed by atoms with Crippen LogP contribution in [0.25, 0.3) is 5.57 Å². The molecule has 0 saturated carbocycles. The molecular formula is C21H28N6O2. The van der Waals surface area contributed by atoms with Gasteiger partial charge in [-0.3, -0.25) is 4.90 Å². The zero-order chi connectivity index (χ0) is 20.3. The van der Waals surface area contributed by atoms with Gasteiger partial charge in [-0.2, -0.15) is 0 Å². The van der Waals surface area contributed by atoms with Crippen LogP contribution in [-0.2, 0) is 4.74 Å². The molecule has 0 unspecified atom stereocenters. The maximum absolute atomic E-state index is 7.74. The normalized spacial score (nSPS) is 15.0. The Morgan fingerprint density at radius 3 is 2.97 bits per heavy atom. The van der Waals surface area contributed by atoms with Crippen LogP contribution in [0.4, 0.5) is 11.6 Å². The molecule has 0 bridgehead atoms. The molecule has 1 aliphatic heterocycles. The van der Waals surface area contributed by atoms with Crippen LogP contribution in [-0.4, -0.2) is 67.6 Å². The van der Waals surface area contributed by atoms with Crippen molar-refractivity contribution in [3.05, 3.63) is 48.4 Å². The van der Waals surface area contributed by atoms with Gasteiger partial charge in [-0.15, -0.1) is 0 Å². The van der Waals surface area contributed by atoms with E-state index in [1.807, 2.05) is 24.3 Å². The van der Waals surface area contributed by atoms with Gasteiger partial charge in [0.1, 0.15) is 5.75 Å². The second-order valence-corrected chi connectivity index (χ2v) is 6.62. The smallest absolute Gasteiger partial charge is 0.223 e. The molecule has 1 aliphatic rings. The first-order valence-corrected chi connectivity index (χ1v) is 9.77. The lowest BCUT2D eigenvalue weighted by Crippen LogP contribution is -2.37. The predicted molar refractivity (Wildman–Crippen MR) is 116 cm³/mol. The van der Waals surface area contributed by atoms with Crippen LogP contribution in [0.5, 0.6) is 5.75 Å². The van der Waals surface area contributed by atoms with Gasteiger partial charge < -0.3 is 25.5 Å². The van der Waals surface area contributed by atoms with Gasteiger partial charge in [0, 0.05) is 55.6 Å². The maximum atomic E-state index is 7.74. The molecule has 2 heterocycles. The molecule has 3 N–H and O–H groups in total. The number of nitrogens with one attached hydrogen (secondary N) is 3. The largest absolute Gasteiger partial charge is 0.497 e. The number of benzene rings is 1. The second-order valence-electron chi connectivity index (χ2n) is 6.62. The number of anilines is 2. The van der Waals surface area contributed by atoms with E-state index in [4.69, 9.17) is 14.9 Å². The van der Waals surface area contributed by atoms with Crippen molar-refractivity contribution in [2.75, 3.05) is 57.1 Å². The lowest BCUT2D eigenvalue weighted by Gasteiger charge is -2.26. The topological polar surface area (TPSA) is 95.4 Å². The molecule has 0 spiro atoms. The van der Waals surface area contributed by atoms with Crippen molar-refractivity contribution in [1.29, 1.82) is 5.41 Å². The van der Waals surface area contributed by atoms with Crippen molar-refractivity contribution in [2.45, 2.75) is 6.42 Å². The molecule has 29 heavy (non-hydrogen) atoms. The molecule has 0 radical (unpaired) electrons. The van der Waals surface area contributed by atoms with E-state index in [0.717, 1.165) is 57.3 Å². The van der Waals surface area contributed by atoms with Crippen LogP contribution >= 0.6 is 0 Å². The minimum absolute atomic E-state index is 0.568. The molecule has 8 nitrogen and oxygen atoms in total. The Morgan fingerprint density at radius 1 is 1.31 bits per heavy atom. The summed E-state index contributed by atoms with van der Waals surface area (Å²) >= 11 is 0. The molecule has 1 aromatic heterocycles. The first-order chi connectivity index (χ1) is 14.3. The average molecular weight is 396 g/mol. The van der Waals surface area contributed by atoms with E-state index in [0.29, 0.717) is 17.2 Å². The Hall–Kier alpha value is -2.97. The molecule has 0 atom stereocenters. The van der Waals surface area contributed by atoms with E-state index in [1.54, 1.807) is 25.6 Å². The fourth-order valence-electron chi connectivity index (χ4n) is 3.00. The average Bonchev–Trinajstić information content (AvgIpc) is 2.78. The minimum Gasteiger partial charge on any atom is -0.497 e. The molecule has 1 aromatic carbocycles. The molecule has 8 heteroatoms. The highest BCUT2D eigenvalue weighted by Gasteiger charge is 2.09. The van der Waals surface area contributed by atoms with Crippen molar-refractivity contribution in [3.63, 3.8) is 0 Å². The summed E-state index contributed by atoms with van der Waals surface area (Å²) in [5.41, 5.74) is 2.21. The van der Waals surface area contributed by atoms with Crippen molar-refractivity contribution in [1.82, 2.24) is 14.9 Å². The fraction of sp³-hybridized carbons (Fsp3) is 0.381. The van der Waals surface area contributed by atoms with Gasteiger partial charge in [0.15, 0.2) is 0 Å².